The van der Waals surface area contributed by atoms with Crippen LogP contribution in [0.15, 0.2) is 0 Å². The molecule has 0 spiro atoms. The highest BCUT2D eigenvalue weighted by atomic mass is 16.2. The van der Waals surface area contributed by atoms with Crippen LogP contribution in [0, 0.1) is 0 Å². The van der Waals surface area contributed by atoms with Gasteiger partial charge in [0.05, 0.1) is 6.54 Å². The highest BCUT2D eigenvalue weighted by Crippen LogP contribution is 2.21. The average Bonchev–Trinajstić information content (AvgIpc) is 2.83. The van der Waals surface area contributed by atoms with Crippen molar-refractivity contribution in [3.05, 3.63) is 0 Å². The number of nitrogens with one attached hydrogen (secondary N) is 2. The van der Waals surface area contributed by atoms with Crippen molar-refractivity contribution in [2.75, 3.05) is 20.1 Å². The van der Waals surface area contributed by atoms with E-state index in [-0.39, 0.29) is 17.9 Å². The molecule has 0 aromatic carbocycles. The zero-order chi connectivity index (χ0) is 13.7. The summed E-state index contributed by atoms with van der Waals surface area (Å²) >= 11 is 0. The lowest BCUT2D eigenvalue weighted by Gasteiger charge is -2.24. The molecule has 108 valence electrons. The lowest BCUT2D eigenvalue weighted by Crippen LogP contribution is -2.49. The van der Waals surface area contributed by atoms with E-state index in [4.69, 9.17) is 0 Å². The first-order valence-corrected chi connectivity index (χ1v) is 7.44. The fourth-order valence-electron chi connectivity index (χ4n) is 3.02. The SMILES string of the molecule is CN(CC(=O)N[C@@H]1CCCCNC1=O)C1CCCC1. The summed E-state index contributed by atoms with van der Waals surface area (Å²) < 4.78 is 0. The Kier molecular flexibility index (Phi) is 5.19. The van der Waals surface area contributed by atoms with Crippen LogP contribution < -0.4 is 10.6 Å². The minimum atomic E-state index is -0.341. The monoisotopic (exact) mass is 267 g/mol. The van der Waals surface area contributed by atoms with Gasteiger partial charge in [0.1, 0.15) is 6.04 Å². The van der Waals surface area contributed by atoms with Gasteiger partial charge in [-0.3, -0.25) is 14.5 Å². The second-order valence-electron chi connectivity index (χ2n) is 5.76. The molecule has 1 saturated heterocycles. The van der Waals surface area contributed by atoms with Crippen LogP contribution in [0.5, 0.6) is 0 Å². The lowest BCUT2D eigenvalue weighted by atomic mass is 10.1. The van der Waals surface area contributed by atoms with Crippen LogP contribution in [-0.2, 0) is 9.59 Å². The number of carbonyl (C=O) groups excluding carboxylic acids is 2. The molecular formula is C14H25N3O2. The molecule has 1 aliphatic heterocycles. The molecular weight excluding hydrogens is 242 g/mol. The van der Waals surface area contributed by atoms with Gasteiger partial charge in [-0.25, -0.2) is 0 Å². The van der Waals surface area contributed by atoms with Crippen molar-refractivity contribution in [2.24, 2.45) is 0 Å². The Balaban J connectivity index is 1.77. The number of likely N-dealkylation sites (N-methyl/N-ethyl adjacent to an activating group) is 1. The van der Waals surface area contributed by atoms with Gasteiger partial charge in [0.2, 0.25) is 11.8 Å². The van der Waals surface area contributed by atoms with Crippen LogP contribution in [0.1, 0.15) is 44.9 Å². The van der Waals surface area contributed by atoms with Gasteiger partial charge in [-0.2, -0.15) is 0 Å². The van der Waals surface area contributed by atoms with E-state index in [2.05, 4.69) is 15.5 Å². The van der Waals surface area contributed by atoms with E-state index in [1.54, 1.807) is 0 Å². The van der Waals surface area contributed by atoms with E-state index in [0.29, 0.717) is 12.6 Å². The minimum absolute atomic E-state index is 0.0311. The minimum Gasteiger partial charge on any atom is -0.354 e. The molecule has 0 radical (unpaired) electrons. The summed E-state index contributed by atoms with van der Waals surface area (Å²) in [5.41, 5.74) is 0. The largest absolute Gasteiger partial charge is 0.354 e. The molecule has 2 amide bonds. The Morgan fingerprint density at radius 1 is 1.26 bits per heavy atom. The molecule has 0 aromatic heterocycles. The molecule has 2 N–H and O–H groups in total. The molecule has 0 aromatic rings. The maximum Gasteiger partial charge on any atom is 0.242 e. The van der Waals surface area contributed by atoms with Gasteiger partial charge in [-0.15, -0.1) is 0 Å². The smallest absolute Gasteiger partial charge is 0.242 e. The second-order valence-corrected chi connectivity index (χ2v) is 5.76. The van der Waals surface area contributed by atoms with Crippen molar-refractivity contribution in [3.8, 4) is 0 Å². The third kappa shape index (κ3) is 4.20. The fraction of sp³-hybridized carbons (Fsp3) is 0.857. The summed E-state index contributed by atoms with van der Waals surface area (Å²) in [6.45, 7) is 1.13. The summed E-state index contributed by atoms with van der Waals surface area (Å²) in [6, 6.07) is 0.195. The van der Waals surface area contributed by atoms with E-state index >= 15 is 0 Å². The van der Waals surface area contributed by atoms with Crippen LogP contribution in [0.25, 0.3) is 0 Å². The van der Waals surface area contributed by atoms with E-state index in [1.165, 1.54) is 25.7 Å². The summed E-state index contributed by atoms with van der Waals surface area (Å²) in [7, 11) is 2.00. The number of amides is 2. The molecule has 2 rings (SSSR count). The van der Waals surface area contributed by atoms with Crippen LogP contribution in [-0.4, -0.2) is 48.9 Å². The first-order valence-electron chi connectivity index (χ1n) is 7.44. The van der Waals surface area contributed by atoms with Gasteiger partial charge >= 0.3 is 0 Å². The van der Waals surface area contributed by atoms with Crippen molar-refractivity contribution in [2.45, 2.75) is 57.0 Å². The highest BCUT2D eigenvalue weighted by molar-refractivity contribution is 5.88. The number of hydrogen-bond acceptors (Lipinski definition) is 3. The fourth-order valence-corrected chi connectivity index (χ4v) is 3.02. The Morgan fingerprint density at radius 2 is 1.95 bits per heavy atom. The predicted molar refractivity (Wildman–Crippen MR) is 73.7 cm³/mol. The molecule has 2 aliphatic rings. The third-order valence-corrected chi connectivity index (χ3v) is 4.21. The van der Waals surface area contributed by atoms with E-state index < -0.39 is 0 Å². The maximum absolute atomic E-state index is 12.0. The van der Waals surface area contributed by atoms with Crippen LogP contribution in [0.2, 0.25) is 0 Å². The molecule has 1 aliphatic carbocycles. The second kappa shape index (κ2) is 6.89. The Labute approximate surface area is 115 Å². The summed E-state index contributed by atoms with van der Waals surface area (Å²) in [4.78, 5) is 25.9. The first-order chi connectivity index (χ1) is 9.16. The third-order valence-electron chi connectivity index (χ3n) is 4.21. The Bertz CT molecular complexity index is 327. The Hall–Kier alpha value is -1.10. The van der Waals surface area contributed by atoms with Crippen molar-refractivity contribution in [1.29, 1.82) is 0 Å². The number of rotatable bonds is 4. The summed E-state index contributed by atoms with van der Waals surface area (Å²) in [5.74, 6) is -0.0641. The topological polar surface area (TPSA) is 61.4 Å². The maximum atomic E-state index is 12.0. The lowest BCUT2D eigenvalue weighted by molar-refractivity contribution is -0.129. The van der Waals surface area contributed by atoms with Gasteiger partial charge in [0.15, 0.2) is 0 Å². The van der Waals surface area contributed by atoms with Crippen molar-refractivity contribution in [1.82, 2.24) is 15.5 Å². The van der Waals surface area contributed by atoms with E-state index in [1.807, 2.05) is 7.05 Å². The van der Waals surface area contributed by atoms with Gasteiger partial charge in [0, 0.05) is 12.6 Å². The molecule has 1 saturated carbocycles. The molecule has 5 heteroatoms. The molecule has 1 atom stereocenters. The van der Waals surface area contributed by atoms with E-state index in [0.717, 1.165) is 25.8 Å². The standard InChI is InChI=1S/C14H25N3O2/c1-17(11-6-2-3-7-11)10-13(18)16-12-8-4-5-9-15-14(12)19/h11-12H,2-10H2,1H3,(H,15,19)(H,16,18)/t12-/m1/s1. The zero-order valence-corrected chi connectivity index (χ0v) is 11.8. The normalized spacial score (nSPS) is 25.2. The predicted octanol–water partition coefficient (Wildman–Crippen LogP) is 0.646. The number of carbonyl (C=O) groups is 2. The van der Waals surface area contributed by atoms with Gasteiger partial charge < -0.3 is 10.6 Å². The zero-order valence-electron chi connectivity index (χ0n) is 11.8. The van der Waals surface area contributed by atoms with Gasteiger partial charge in [-0.1, -0.05) is 12.8 Å². The number of nitrogens with zero attached hydrogens (tertiary/aromatic N) is 1. The molecule has 19 heavy (non-hydrogen) atoms. The van der Waals surface area contributed by atoms with Crippen LogP contribution in [0.3, 0.4) is 0 Å². The Morgan fingerprint density at radius 3 is 2.68 bits per heavy atom. The summed E-state index contributed by atoms with van der Waals surface area (Å²) in [6.07, 6.45) is 7.65. The average molecular weight is 267 g/mol. The first kappa shape index (κ1) is 14.3. The van der Waals surface area contributed by atoms with Gasteiger partial charge in [-0.05, 0) is 39.2 Å². The van der Waals surface area contributed by atoms with Crippen molar-refractivity contribution >= 4 is 11.8 Å². The van der Waals surface area contributed by atoms with Gasteiger partial charge in [0.25, 0.3) is 0 Å². The van der Waals surface area contributed by atoms with Crippen LogP contribution >= 0.6 is 0 Å². The molecule has 1 heterocycles. The molecule has 0 bridgehead atoms. The molecule has 5 nitrogen and oxygen atoms in total. The van der Waals surface area contributed by atoms with Crippen molar-refractivity contribution in [3.63, 3.8) is 0 Å². The van der Waals surface area contributed by atoms with Crippen molar-refractivity contribution < 1.29 is 9.59 Å². The quantitative estimate of drug-likeness (QED) is 0.786. The van der Waals surface area contributed by atoms with E-state index in [9.17, 15) is 9.59 Å². The highest BCUT2D eigenvalue weighted by Gasteiger charge is 2.25. The van der Waals surface area contributed by atoms with Crippen LogP contribution in [0.4, 0.5) is 0 Å². The molecule has 2 fully saturated rings. The summed E-state index contributed by atoms with van der Waals surface area (Å²) in [5, 5.41) is 5.71. The molecule has 0 unspecified atom stereocenters. The number of hydrogen-bond donors (Lipinski definition) is 2.